The van der Waals surface area contributed by atoms with Gasteiger partial charge >= 0.3 is 0 Å². The fourth-order valence-corrected chi connectivity index (χ4v) is 2.32. The van der Waals surface area contributed by atoms with Crippen molar-refractivity contribution in [3.63, 3.8) is 0 Å². The van der Waals surface area contributed by atoms with Crippen molar-refractivity contribution in [1.82, 2.24) is 5.43 Å². The largest absolute Gasteiger partial charge is 0.493 e. The first-order valence-corrected chi connectivity index (χ1v) is 8.53. The van der Waals surface area contributed by atoms with Gasteiger partial charge in [-0.1, -0.05) is 6.92 Å². The summed E-state index contributed by atoms with van der Waals surface area (Å²) in [6.45, 7) is 1.73. The molecule has 0 unspecified atom stereocenters. The van der Waals surface area contributed by atoms with Crippen LogP contribution in [0.25, 0.3) is 0 Å². The number of ether oxygens (including phenoxy) is 2. The van der Waals surface area contributed by atoms with Crippen LogP contribution in [-0.2, 0) is 4.79 Å². The number of hydrazone groups is 1. The number of nitro groups is 1. The van der Waals surface area contributed by atoms with Crippen LogP contribution >= 0.6 is 0 Å². The Bertz CT molecular complexity index is 940. The Balaban J connectivity index is 2.13. The second-order valence-corrected chi connectivity index (χ2v) is 5.70. The van der Waals surface area contributed by atoms with E-state index in [4.69, 9.17) is 9.47 Å². The van der Waals surface area contributed by atoms with Gasteiger partial charge < -0.3 is 14.8 Å². The zero-order valence-electron chi connectivity index (χ0n) is 16.1. The Labute approximate surface area is 166 Å². The van der Waals surface area contributed by atoms with Crippen molar-refractivity contribution in [3.8, 4) is 11.5 Å². The Hall–Kier alpha value is -3.95. The topological polar surface area (TPSA) is 132 Å². The van der Waals surface area contributed by atoms with Gasteiger partial charge in [-0.25, -0.2) is 5.43 Å². The fourth-order valence-electron chi connectivity index (χ4n) is 2.32. The number of amides is 2. The monoisotopic (exact) mass is 400 g/mol. The molecule has 0 aliphatic rings. The first kappa shape index (κ1) is 21.4. The quantitative estimate of drug-likeness (QED) is 0.398. The third-order valence-corrected chi connectivity index (χ3v) is 3.85. The number of nitrogens with zero attached hydrogens (tertiary/aromatic N) is 2. The predicted molar refractivity (Wildman–Crippen MR) is 107 cm³/mol. The van der Waals surface area contributed by atoms with E-state index >= 15 is 0 Å². The lowest BCUT2D eigenvalue weighted by atomic mass is 10.1. The number of carbonyl (C=O) groups is 2. The molecule has 0 saturated carbocycles. The molecular weight excluding hydrogens is 380 g/mol. The minimum absolute atomic E-state index is 0.130. The van der Waals surface area contributed by atoms with Crippen LogP contribution in [0.2, 0.25) is 0 Å². The molecule has 0 aromatic heterocycles. The van der Waals surface area contributed by atoms with E-state index in [1.807, 2.05) is 0 Å². The number of nitrogens with one attached hydrogen (secondary N) is 2. The molecule has 0 spiro atoms. The van der Waals surface area contributed by atoms with Crippen LogP contribution in [0.5, 0.6) is 11.5 Å². The van der Waals surface area contributed by atoms with E-state index < -0.39 is 10.8 Å². The molecule has 2 N–H and O–H groups in total. The fraction of sp³-hybridized carbons (Fsp3) is 0.211. The Kier molecular flexibility index (Phi) is 7.24. The first-order valence-electron chi connectivity index (χ1n) is 8.53. The number of hydrogen-bond donors (Lipinski definition) is 2. The van der Waals surface area contributed by atoms with Crippen molar-refractivity contribution >= 4 is 29.4 Å². The Morgan fingerprint density at radius 2 is 1.76 bits per heavy atom. The Morgan fingerprint density at radius 1 is 1.14 bits per heavy atom. The summed E-state index contributed by atoms with van der Waals surface area (Å²) in [7, 11) is 2.77. The number of carbonyl (C=O) groups excluding carboxylic acids is 2. The lowest BCUT2D eigenvalue weighted by molar-refractivity contribution is -0.385. The summed E-state index contributed by atoms with van der Waals surface area (Å²) in [6.07, 6.45) is 1.49. The molecule has 0 aliphatic carbocycles. The van der Waals surface area contributed by atoms with Crippen molar-refractivity contribution in [3.05, 3.63) is 57.6 Å². The smallest absolute Gasteiger partial charge is 0.282 e. The summed E-state index contributed by atoms with van der Waals surface area (Å²) < 4.78 is 10.2. The summed E-state index contributed by atoms with van der Waals surface area (Å²) in [5, 5.41) is 17.7. The van der Waals surface area contributed by atoms with Crippen LogP contribution in [-0.4, -0.2) is 37.2 Å². The highest BCUT2D eigenvalue weighted by molar-refractivity contribution is 5.96. The molecule has 152 valence electrons. The van der Waals surface area contributed by atoms with E-state index in [2.05, 4.69) is 15.8 Å². The molecule has 0 radical (unpaired) electrons. The first-order chi connectivity index (χ1) is 13.9. The highest BCUT2D eigenvalue weighted by Crippen LogP contribution is 2.33. The molecule has 2 aromatic rings. The van der Waals surface area contributed by atoms with Gasteiger partial charge in [-0.15, -0.1) is 0 Å². The lowest BCUT2D eigenvalue weighted by Crippen LogP contribution is -2.18. The minimum Gasteiger partial charge on any atom is -0.493 e. The third kappa shape index (κ3) is 5.51. The molecule has 0 fully saturated rings. The predicted octanol–water partition coefficient (Wildman–Crippen LogP) is 2.72. The van der Waals surface area contributed by atoms with Gasteiger partial charge in [0.2, 0.25) is 5.91 Å². The zero-order valence-corrected chi connectivity index (χ0v) is 16.1. The minimum atomic E-state index is -0.589. The molecule has 0 bridgehead atoms. The summed E-state index contributed by atoms with van der Waals surface area (Å²) in [5.74, 6) is -0.160. The molecule has 29 heavy (non-hydrogen) atoms. The molecule has 0 saturated heterocycles. The normalized spacial score (nSPS) is 10.4. The van der Waals surface area contributed by atoms with E-state index in [0.717, 1.165) is 6.21 Å². The van der Waals surface area contributed by atoms with Crippen molar-refractivity contribution in [2.75, 3.05) is 19.5 Å². The summed E-state index contributed by atoms with van der Waals surface area (Å²) in [4.78, 5) is 34.2. The van der Waals surface area contributed by atoms with Crippen molar-refractivity contribution in [1.29, 1.82) is 0 Å². The maximum atomic E-state index is 12.2. The molecule has 2 aromatic carbocycles. The van der Waals surface area contributed by atoms with E-state index in [9.17, 15) is 19.7 Å². The van der Waals surface area contributed by atoms with E-state index in [1.165, 1.54) is 38.5 Å². The van der Waals surface area contributed by atoms with Gasteiger partial charge in [0.1, 0.15) is 0 Å². The van der Waals surface area contributed by atoms with Gasteiger partial charge in [-0.05, 0) is 30.3 Å². The third-order valence-electron chi connectivity index (χ3n) is 3.85. The van der Waals surface area contributed by atoms with E-state index in [0.29, 0.717) is 17.7 Å². The highest BCUT2D eigenvalue weighted by Gasteiger charge is 2.18. The second-order valence-electron chi connectivity index (χ2n) is 5.70. The van der Waals surface area contributed by atoms with Crippen LogP contribution < -0.4 is 20.2 Å². The number of anilines is 1. The van der Waals surface area contributed by atoms with Gasteiger partial charge in [0.25, 0.3) is 11.6 Å². The summed E-state index contributed by atoms with van der Waals surface area (Å²) in [6, 6.07) is 8.82. The number of hydrogen-bond acceptors (Lipinski definition) is 7. The van der Waals surface area contributed by atoms with Crippen molar-refractivity contribution < 1.29 is 24.0 Å². The van der Waals surface area contributed by atoms with Gasteiger partial charge in [-0.2, -0.15) is 5.10 Å². The molecule has 2 rings (SSSR count). The van der Waals surface area contributed by atoms with Crippen LogP contribution in [0.15, 0.2) is 41.5 Å². The van der Waals surface area contributed by atoms with Gasteiger partial charge in [-0.3, -0.25) is 19.7 Å². The molecular formula is C19H20N4O6. The number of nitro benzene ring substituents is 1. The number of rotatable bonds is 8. The maximum absolute atomic E-state index is 12.2. The van der Waals surface area contributed by atoms with Crippen LogP contribution in [0.4, 0.5) is 11.4 Å². The molecule has 0 heterocycles. The maximum Gasteiger partial charge on any atom is 0.282 e. The van der Waals surface area contributed by atoms with Crippen molar-refractivity contribution in [2.45, 2.75) is 13.3 Å². The van der Waals surface area contributed by atoms with Crippen LogP contribution in [0.1, 0.15) is 29.3 Å². The van der Waals surface area contributed by atoms with Crippen LogP contribution in [0.3, 0.4) is 0 Å². The molecule has 0 atom stereocenters. The van der Waals surface area contributed by atoms with Crippen LogP contribution in [0, 0.1) is 10.1 Å². The van der Waals surface area contributed by atoms with Gasteiger partial charge in [0, 0.05) is 17.7 Å². The highest BCUT2D eigenvalue weighted by atomic mass is 16.6. The second kappa shape index (κ2) is 9.83. The van der Waals surface area contributed by atoms with Gasteiger partial charge in [0.15, 0.2) is 11.5 Å². The van der Waals surface area contributed by atoms with E-state index in [-0.39, 0.29) is 28.7 Å². The summed E-state index contributed by atoms with van der Waals surface area (Å²) >= 11 is 0. The van der Waals surface area contributed by atoms with E-state index in [1.54, 1.807) is 19.1 Å². The Morgan fingerprint density at radius 3 is 2.31 bits per heavy atom. The van der Waals surface area contributed by atoms with Crippen molar-refractivity contribution in [2.24, 2.45) is 5.10 Å². The van der Waals surface area contributed by atoms with Gasteiger partial charge in [0.05, 0.1) is 37.0 Å². The number of methoxy groups -OCH3 is 2. The summed E-state index contributed by atoms with van der Waals surface area (Å²) in [5.41, 5.74) is 3.05. The number of benzene rings is 2. The molecule has 10 heteroatoms. The lowest BCUT2D eigenvalue weighted by Gasteiger charge is -2.08. The SMILES string of the molecule is CCC(=O)Nc1ccc(C(=O)N/N=C\c2cc(OC)c(OC)cc2[N+](=O)[O-])cc1. The standard InChI is InChI=1S/C19H20N4O6/c1-4-18(24)21-14-7-5-12(6-8-14)19(25)22-20-11-13-9-16(28-2)17(29-3)10-15(13)23(26)27/h5-11H,4H2,1-3H3,(H,21,24)(H,22,25)/b20-11-. The average Bonchev–Trinajstić information content (AvgIpc) is 2.73. The molecule has 0 aliphatic heterocycles. The zero-order chi connectivity index (χ0) is 21.4. The molecule has 10 nitrogen and oxygen atoms in total. The average molecular weight is 400 g/mol. The molecule has 2 amide bonds.